The van der Waals surface area contributed by atoms with Gasteiger partial charge in [0.2, 0.25) is 0 Å². The van der Waals surface area contributed by atoms with Crippen LogP contribution in [-0.2, 0) is 26.2 Å². The topological polar surface area (TPSA) is 34.2 Å². The van der Waals surface area contributed by atoms with Gasteiger partial charge in [-0.15, -0.1) is 0 Å². The number of benzene rings is 1. The lowest BCUT2D eigenvalue weighted by molar-refractivity contribution is -0.00888. The highest BCUT2D eigenvalue weighted by Crippen LogP contribution is 2.23. The minimum Gasteiger partial charge on any atom is -0.372 e. The molecule has 0 unspecified atom stereocenters. The number of fused-ring (bicyclic) bond motifs is 7. The van der Waals surface area contributed by atoms with Crippen molar-refractivity contribution in [2.75, 3.05) is 52.5 Å². The summed E-state index contributed by atoms with van der Waals surface area (Å²) in [5.41, 5.74) is 3.00. The molecule has 6 heteroatoms. The first-order valence-electron chi connectivity index (χ1n) is 9.26. The molecule has 4 heterocycles. The fraction of sp³-hybridized carbons (Fsp3) is 0.667. The minimum atomic E-state index is -2.44. The zero-order valence-corrected chi connectivity index (χ0v) is 15.4. The van der Waals surface area contributed by atoms with Crippen LogP contribution in [0.25, 0.3) is 0 Å². The monoisotopic (exact) mass is 348 g/mol. The lowest BCUT2D eigenvalue weighted by Gasteiger charge is -2.38. The minimum absolute atomic E-state index is 0.753. The van der Waals surface area contributed by atoms with Crippen molar-refractivity contribution < 1.29 is 13.3 Å². The van der Waals surface area contributed by atoms with Crippen molar-refractivity contribution in [2.45, 2.75) is 25.4 Å². The summed E-state index contributed by atoms with van der Waals surface area (Å²) >= 11 is 0. The summed E-state index contributed by atoms with van der Waals surface area (Å²) < 4.78 is 18.4. The van der Waals surface area contributed by atoms with Crippen LogP contribution in [0.15, 0.2) is 24.3 Å². The van der Waals surface area contributed by atoms with Gasteiger partial charge in [0.25, 0.3) is 0 Å². The second-order valence-corrected chi connectivity index (χ2v) is 9.70. The largest absolute Gasteiger partial charge is 0.501 e. The molecule has 132 valence electrons. The van der Waals surface area contributed by atoms with Gasteiger partial charge in [-0.1, -0.05) is 24.3 Å². The molecule has 0 amide bonds. The number of rotatable bonds is 4. The first-order valence-corrected chi connectivity index (χ1v) is 11.2. The Morgan fingerprint density at radius 2 is 1.54 bits per heavy atom. The Morgan fingerprint density at radius 1 is 0.875 bits per heavy atom. The van der Waals surface area contributed by atoms with Crippen LogP contribution in [0.1, 0.15) is 17.5 Å². The number of hydrogen-bond acceptors (Lipinski definition) is 5. The van der Waals surface area contributed by atoms with Crippen molar-refractivity contribution in [1.82, 2.24) is 9.80 Å². The van der Waals surface area contributed by atoms with Gasteiger partial charge in [-0.25, -0.2) is 0 Å². The van der Waals surface area contributed by atoms with Gasteiger partial charge in [0.05, 0.1) is 19.8 Å². The molecule has 0 atom stereocenters. The summed E-state index contributed by atoms with van der Waals surface area (Å²) in [4.78, 5) is 4.92. The molecular weight excluding hydrogens is 320 g/mol. The normalized spacial score (nSPS) is 31.1. The molecule has 0 N–H and O–H groups in total. The van der Waals surface area contributed by atoms with Crippen LogP contribution in [0, 0.1) is 0 Å². The molecule has 4 aliphatic rings. The second-order valence-electron chi connectivity index (χ2n) is 6.97. The van der Waals surface area contributed by atoms with Gasteiger partial charge in [0.15, 0.2) is 0 Å². The summed E-state index contributed by atoms with van der Waals surface area (Å²) in [7, 11) is -2.44. The molecule has 5 nitrogen and oxygen atoms in total. The molecule has 24 heavy (non-hydrogen) atoms. The molecular formula is C18H28N2O3Si. The van der Waals surface area contributed by atoms with Crippen molar-refractivity contribution in [3.63, 3.8) is 0 Å². The van der Waals surface area contributed by atoms with Crippen LogP contribution in [0.4, 0.5) is 0 Å². The maximum Gasteiger partial charge on any atom is 0.501 e. The molecule has 5 rings (SSSR count). The third-order valence-corrected chi connectivity index (χ3v) is 8.25. The first-order chi connectivity index (χ1) is 11.8. The van der Waals surface area contributed by atoms with Crippen molar-refractivity contribution >= 4 is 8.80 Å². The Kier molecular flexibility index (Phi) is 5.31. The maximum absolute atomic E-state index is 6.12. The maximum atomic E-state index is 6.12. The average Bonchev–Trinajstić information content (AvgIpc) is 2.55. The van der Waals surface area contributed by atoms with Gasteiger partial charge in [0, 0.05) is 38.8 Å². The Hall–Kier alpha value is -0.763. The molecule has 0 aromatic heterocycles. The second kappa shape index (κ2) is 7.64. The van der Waals surface area contributed by atoms with Crippen LogP contribution in [0.3, 0.4) is 0 Å². The van der Waals surface area contributed by atoms with E-state index in [1.165, 1.54) is 11.1 Å². The standard InChI is InChI=1S/C18H28N2O3Si/c1-2-5-18-16-20(8-6-17(18)4-1)7-3-15-24-21-12-9-19(10-13-22-24)11-14-23-24/h1-2,4-5H,3,6-16H2. The molecule has 4 aliphatic heterocycles. The third-order valence-electron chi connectivity index (χ3n) is 5.36. The van der Waals surface area contributed by atoms with Gasteiger partial charge in [-0.2, -0.15) is 0 Å². The van der Waals surface area contributed by atoms with E-state index in [0.717, 1.165) is 78.0 Å². The zero-order valence-electron chi connectivity index (χ0n) is 14.4. The number of nitrogens with zero attached hydrogens (tertiary/aromatic N) is 2. The Bertz CT molecular complexity index is 530. The van der Waals surface area contributed by atoms with Gasteiger partial charge in [0.1, 0.15) is 0 Å². The summed E-state index contributed by atoms with van der Waals surface area (Å²) in [5.74, 6) is 0. The van der Waals surface area contributed by atoms with Crippen molar-refractivity contribution in [1.29, 1.82) is 0 Å². The van der Waals surface area contributed by atoms with E-state index in [9.17, 15) is 0 Å². The fourth-order valence-electron chi connectivity index (χ4n) is 3.93. The molecule has 3 saturated heterocycles. The average molecular weight is 349 g/mol. The Labute approximate surface area is 145 Å². The quantitative estimate of drug-likeness (QED) is 0.775. The summed E-state index contributed by atoms with van der Waals surface area (Å²) in [5, 5.41) is 0. The van der Waals surface area contributed by atoms with Crippen LogP contribution < -0.4 is 0 Å². The predicted molar refractivity (Wildman–Crippen MR) is 94.9 cm³/mol. The predicted octanol–water partition coefficient (Wildman–Crippen LogP) is 1.75. The molecule has 1 aromatic carbocycles. The van der Waals surface area contributed by atoms with E-state index in [-0.39, 0.29) is 0 Å². The lowest BCUT2D eigenvalue weighted by Crippen LogP contribution is -2.55. The molecule has 1 aromatic rings. The molecule has 0 spiro atoms. The molecule has 0 radical (unpaired) electrons. The van der Waals surface area contributed by atoms with Crippen LogP contribution in [0.5, 0.6) is 0 Å². The van der Waals surface area contributed by atoms with E-state index in [1.54, 1.807) is 0 Å². The zero-order chi connectivity index (χ0) is 16.2. The Balaban J connectivity index is 1.30. The molecule has 3 fully saturated rings. The SMILES string of the molecule is c1ccc2c(c1)CCN(CCC[Si]13OCCN(CCO1)CCO3)C2. The summed E-state index contributed by atoms with van der Waals surface area (Å²) in [6.07, 6.45) is 2.26. The van der Waals surface area contributed by atoms with E-state index in [1.807, 2.05) is 0 Å². The highest BCUT2D eigenvalue weighted by molar-refractivity contribution is 6.60. The molecule has 2 bridgehead atoms. The summed E-state index contributed by atoms with van der Waals surface area (Å²) in [6, 6.07) is 9.77. The van der Waals surface area contributed by atoms with Crippen LogP contribution in [-0.4, -0.2) is 71.1 Å². The third kappa shape index (κ3) is 3.90. The fourth-order valence-corrected chi connectivity index (χ4v) is 6.41. The highest BCUT2D eigenvalue weighted by atomic mass is 28.4. The lowest BCUT2D eigenvalue weighted by atomic mass is 10.00. The number of hydrogen-bond donors (Lipinski definition) is 0. The van der Waals surface area contributed by atoms with Crippen LogP contribution >= 0.6 is 0 Å². The van der Waals surface area contributed by atoms with Gasteiger partial charge < -0.3 is 13.3 Å². The first kappa shape index (κ1) is 16.7. The molecule has 0 aliphatic carbocycles. The van der Waals surface area contributed by atoms with E-state index >= 15 is 0 Å². The van der Waals surface area contributed by atoms with E-state index in [2.05, 4.69) is 34.1 Å². The van der Waals surface area contributed by atoms with E-state index in [4.69, 9.17) is 13.3 Å². The van der Waals surface area contributed by atoms with Crippen molar-refractivity contribution in [3.05, 3.63) is 35.4 Å². The van der Waals surface area contributed by atoms with E-state index in [0.29, 0.717) is 0 Å². The van der Waals surface area contributed by atoms with Crippen molar-refractivity contribution in [2.24, 2.45) is 0 Å². The summed E-state index contributed by atoms with van der Waals surface area (Å²) in [6.45, 7) is 8.64. The van der Waals surface area contributed by atoms with E-state index < -0.39 is 8.80 Å². The smallest absolute Gasteiger partial charge is 0.372 e. The van der Waals surface area contributed by atoms with Crippen molar-refractivity contribution in [3.8, 4) is 0 Å². The van der Waals surface area contributed by atoms with Gasteiger partial charge in [-0.05, 0) is 30.5 Å². The van der Waals surface area contributed by atoms with Gasteiger partial charge in [-0.3, -0.25) is 9.80 Å². The van der Waals surface area contributed by atoms with Gasteiger partial charge >= 0.3 is 8.80 Å². The highest BCUT2D eigenvalue weighted by Gasteiger charge is 2.43. The Morgan fingerprint density at radius 3 is 2.25 bits per heavy atom. The molecule has 0 saturated carbocycles. The van der Waals surface area contributed by atoms with Crippen LogP contribution in [0.2, 0.25) is 6.04 Å².